The number of hydrogen-bond donors (Lipinski definition) is 0. The van der Waals surface area contributed by atoms with Gasteiger partial charge in [0.2, 0.25) is 0 Å². The number of ether oxygens (including phenoxy) is 1. The third-order valence-corrected chi connectivity index (χ3v) is 2.23. The summed E-state index contributed by atoms with van der Waals surface area (Å²) in [7, 11) is 0. The van der Waals surface area contributed by atoms with Crippen molar-refractivity contribution in [3.05, 3.63) is 53.1 Å². The van der Waals surface area contributed by atoms with Gasteiger partial charge in [-0.15, -0.1) is 0 Å². The third-order valence-electron chi connectivity index (χ3n) is 2.02. The highest BCUT2D eigenvalue weighted by molar-refractivity contribution is 6.30. The summed E-state index contributed by atoms with van der Waals surface area (Å²) >= 11 is 5.72. The summed E-state index contributed by atoms with van der Waals surface area (Å²) in [6.45, 7) is 0. The Morgan fingerprint density at radius 3 is 2.88 bits per heavy atom. The first-order chi connectivity index (χ1) is 8.20. The van der Waals surface area contributed by atoms with E-state index in [1.807, 2.05) is 0 Å². The molecule has 1 heterocycles. The maximum Gasteiger partial charge on any atom is 0.173 e. The van der Waals surface area contributed by atoms with Gasteiger partial charge in [-0.3, -0.25) is 9.78 Å². The molecule has 0 saturated heterocycles. The molecule has 0 radical (unpaired) electrons. The molecule has 5 heteroatoms. The van der Waals surface area contributed by atoms with Crippen LogP contribution in [-0.4, -0.2) is 11.3 Å². The van der Waals surface area contributed by atoms with E-state index in [9.17, 15) is 9.18 Å². The monoisotopic (exact) mass is 251 g/mol. The molecule has 86 valence electrons. The molecule has 0 spiro atoms. The van der Waals surface area contributed by atoms with Crippen LogP contribution in [0.1, 0.15) is 10.4 Å². The molecule has 17 heavy (non-hydrogen) atoms. The zero-order valence-electron chi connectivity index (χ0n) is 8.56. The lowest BCUT2D eigenvalue weighted by molar-refractivity contribution is 0.112. The average molecular weight is 252 g/mol. The van der Waals surface area contributed by atoms with Gasteiger partial charge in [-0.25, -0.2) is 4.39 Å². The quantitative estimate of drug-likeness (QED) is 0.784. The standard InChI is InChI=1S/C12H7ClFNO2/c13-9-4-10(6-15-5-9)17-12-8(7-16)2-1-3-11(12)14/h1-7H. The molecule has 2 rings (SSSR count). The molecule has 0 saturated carbocycles. The SMILES string of the molecule is O=Cc1cccc(F)c1Oc1cncc(Cl)c1. The fraction of sp³-hybridized carbons (Fsp3) is 0. The van der Waals surface area contributed by atoms with Crippen molar-refractivity contribution in [2.75, 3.05) is 0 Å². The van der Waals surface area contributed by atoms with E-state index in [0.29, 0.717) is 11.3 Å². The Morgan fingerprint density at radius 2 is 2.18 bits per heavy atom. The van der Waals surface area contributed by atoms with Crippen molar-refractivity contribution < 1.29 is 13.9 Å². The number of para-hydroxylation sites is 1. The van der Waals surface area contributed by atoms with E-state index in [-0.39, 0.29) is 17.1 Å². The molecule has 0 fully saturated rings. The molecular weight excluding hydrogens is 245 g/mol. The zero-order valence-corrected chi connectivity index (χ0v) is 9.32. The van der Waals surface area contributed by atoms with Crippen molar-refractivity contribution in [2.24, 2.45) is 0 Å². The molecule has 0 atom stereocenters. The first kappa shape index (κ1) is 11.5. The van der Waals surface area contributed by atoms with Crippen LogP contribution in [-0.2, 0) is 0 Å². The Kier molecular flexibility index (Phi) is 3.35. The maximum atomic E-state index is 13.5. The van der Waals surface area contributed by atoms with Crippen LogP contribution in [0.5, 0.6) is 11.5 Å². The maximum absolute atomic E-state index is 13.5. The Hall–Kier alpha value is -1.94. The second kappa shape index (κ2) is 4.93. The van der Waals surface area contributed by atoms with Crippen LogP contribution in [0.2, 0.25) is 5.02 Å². The Labute approximate surface area is 102 Å². The van der Waals surface area contributed by atoms with Gasteiger partial charge in [0, 0.05) is 12.3 Å². The first-order valence-corrected chi connectivity index (χ1v) is 5.10. The van der Waals surface area contributed by atoms with Crippen molar-refractivity contribution in [3.63, 3.8) is 0 Å². The molecule has 0 bridgehead atoms. The highest BCUT2D eigenvalue weighted by Crippen LogP contribution is 2.28. The molecule has 0 unspecified atom stereocenters. The van der Waals surface area contributed by atoms with Gasteiger partial charge in [-0.1, -0.05) is 17.7 Å². The summed E-state index contributed by atoms with van der Waals surface area (Å²) in [6, 6.07) is 5.58. The first-order valence-electron chi connectivity index (χ1n) is 4.73. The van der Waals surface area contributed by atoms with Crippen LogP contribution in [0.3, 0.4) is 0 Å². The van der Waals surface area contributed by atoms with Gasteiger partial charge in [-0.05, 0) is 12.1 Å². The second-order valence-electron chi connectivity index (χ2n) is 3.22. The normalized spacial score (nSPS) is 10.0. The minimum atomic E-state index is -0.616. The topological polar surface area (TPSA) is 39.2 Å². The number of carbonyl (C=O) groups excluding carboxylic acids is 1. The summed E-state index contributed by atoms with van der Waals surface area (Å²) in [6.07, 6.45) is 3.33. The van der Waals surface area contributed by atoms with E-state index >= 15 is 0 Å². The number of rotatable bonds is 3. The predicted octanol–water partition coefficient (Wildman–Crippen LogP) is 3.48. The van der Waals surface area contributed by atoms with Crippen LogP contribution >= 0.6 is 11.6 Å². The number of aldehydes is 1. The number of pyridine rings is 1. The lowest BCUT2D eigenvalue weighted by Gasteiger charge is -2.08. The van der Waals surface area contributed by atoms with E-state index in [4.69, 9.17) is 16.3 Å². The highest BCUT2D eigenvalue weighted by atomic mass is 35.5. The van der Waals surface area contributed by atoms with Crippen LogP contribution in [0.25, 0.3) is 0 Å². The molecule has 1 aromatic carbocycles. The summed E-state index contributed by atoms with van der Waals surface area (Å²) in [4.78, 5) is 14.5. The van der Waals surface area contributed by atoms with Crippen molar-refractivity contribution in [1.82, 2.24) is 4.98 Å². The summed E-state index contributed by atoms with van der Waals surface area (Å²) < 4.78 is 18.7. The van der Waals surface area contributed by atoms with Gasteiger partial charge >= 0.3 is 0 Å². The summed E-state index contributed by atoms with van der Waals surface area (Å²) in [5.74, 6) is -0.480. The van der Waals surface area contributed by atoms with E-state index in [0.717, 1.165) is 0 Å². The number of benzene rings is 1. The molecule has 0 aliphatic carbocycles. The van der Waals surface area contributed by atoms with Crippen molar-refractivity contribution in [3.8, 4) is 11.5 Å². The highest BCUT2D eigenvalue weighted by Gasteiger charge is 2.10. The van der Waals surface area contributed by atoms with E-state index < -0.39 is 5.82 Å². The molecule has 0 aliphatic rings. The van der Waals surface area contributed by atoms with Gasteiger partial charge in [-0.2, -0.15) is 0 Å². The second-order valence-corrected chi connectivity index (χ2v) is 3.65. The van der Waals surface area contributed by atoms with Gasteiger partial charge in [0.05, 0.1) is 16.8 Å². The molecule has 2 aromatic rings. The Bertz CT molecular complexity index is 560. The fourth-order valence-corrected chi connectivity index (χ4v) is 1.46. The van der Waals surface area contributed by atoms with Crippen LogP contribution < -0.4 is 4.74 Å². The fourth-order valence-electron chi connectivity index (χ4n) is 1.29. The van der Waals surface area contributed by atoms with Gasteiger partial charge in [0.1, 0.15) is 5.75 Å². The average Bonchev–Trinajstić information content (AvgIpc) is 2.32. The number of aromatic nitrogens is 1. The van der Waals surface area contributed by atoms with E-state index in [1.165, 1.54) is 36.7 Å². The number of hydrogen-bond acceptors (Lipinski definition) is 3. The number of nitrogens with zero attached hydrogens (tertiary/aromatic N) is 1. The molecule has 0 aliphatic heterocycles. The Morgan fingerprint density at radius 1 is 1.35 bits per heavy atom. The zero-order chi connectivity index (χ0) is 12.3. The van der Waals surface area contributed by atoms with Gasteiger partial charge < -0.3 is 4.74 Å². The molecule has 0 N–H and O–H groups in total. The van der Waals surface area contributed by atoms with Crippen molar-refractivity contribution >= 4 is 17.9 Å². The van der Waals surface area contributed by atoms with E-state index in [1.54, 1.807) is 0 Å². The summed E-state index contributed by atoms with van der Waals surface area (Å²) in [5.41, 5.74) is 0.130. The smallest absolute Gasteiger partial charge is 0.173 e. The van der Waals surface area contributed by atoms with Crippen molar-refractivity contribution in [2.45, 2.75) is 0 Å². The molecule has 1 aromatic heterocycles. The molecule has 3 nitrogen and oxygen atoms in total. The predicted molar refractivity (Wildman–Crippen MR) is 61.1 cm³/mol. The molecule has 0 amide bonds. The lowest BCUT2D eigenvalue weighted by Crippen LogP contribution is -1.94. The minimum Gasteiger partial charge on any atom is -0.452 e. The van der Waals surface area contributed by atoms with Crippen LogP contribution in [0.4, 0.5) is 4.39 Å². The third kappa shape index (κ3) is 2.60. The minimum absolute atomic E-state index is 0.130. The molecular formula is C12H7ClFNO2. The van der Waals surface area contributed by atoms with E-state index in [2.05, 4.69) is 4.98 Å². The Balaban J connectivity index is 2.39. The number of carbonyl (C=O) groups is 1. The van der Waals surface area contributed by atoms with Gasteiger partial charge in [0.15, 0.2) is 17.9 Å². The largest absolute Gasteiger partial charge is 0.452 e. The van der Waals surface area contributed by atoms with Gasteiger partial charge in [0.25, 0.3) is 0 Å². The van der Waals surface area contributed by atoms with Crippen LogP contribution in [0.15, 0.2) is 36.7 Å². The summed E-state index contributed by atoms with van der Waals surface area (Å²) in [5, 5.41) is 0.367. The van der Waals surface area contributed by atoms with Crippen LogP contribution in [0, 0.1) is 5.82 Å². The number of halogens is 2. The van der Waals surface area contributed by atoms with Crippen molar-refractivity contribution in [1.29, 1.82) is 0 Å². The lowest BCUT2D eigenvalue weighted by atomic mass is 10.2.